The summed E-state index contributed by atoms with van der Waals surface area (Å²) in [6, 6.07) is 12.6. The first-order valence-electron chi connectivity index (χ1n) is 5.20. The Morgan fingerprint density at radius 1 is 1.00 bits per heavy atom. The molecule has 82 valence electrons. The zero-order chi connectivity index (χ0) is 11.8. The van der Waals surface area contributed by atoms with Crippen LogP contribution in [0.15, 0.2) is 51.7 Å². The maximum absolute atomic E-state index is 12.2. The topological polar surface area (TPSA) is 30.2 Å². The minimum Gasteiger partial charge on any atom is -0.456 e. The Kier molecular flexibility index (Phi) is 2.27. The number of rotatable bonds is 1. The first-order chi connectivity index (χ1) is 8.29. The van der Waals surface area contributed by atoms with Crippen LogP contribution in [0.2, 0.25) is 0 Å². The molecule has 0 atom stereocenters. The van der Waals surface area contributed by atoms with Gasteiger partial charge >= 0.3 is 0 Å². The van der Waals surface area contributed by atoms with Crippen molar-refractivity contribution in [2.24, 2.45) is 0 Å². The smallest absolute Gasteiger partial charge is 0.200 e. The number of fused-ring (bicyclic) bond motifs is 2. The standard InChI is InChI=1S/C14H8O2S/c15-14-10-3-1-2-4-12(10)16-13-6-5-9(8-17)7-11(13)14/h1-8H. The van der Waals surface area contributed by atoms with Gasteiger partial charge < -0.3 is 4.42 Å². The molecule has 3 aromatic rings. The predicted octanol–water partition coefficient (Wildman–Crippen LogP) is 3.29. The van der Waals surface area contributed by atoms with Crippen molar-refractivity contribution < 1.29 is 4.42 Å². The zero-order valence-corrected chi connectivity index (χ0v) is 9.66. The molecule has 2 aromatic carbocycles. The lowest BCUT2D eigenvalue weighted by Gasteiger charge is -2.01. The van der Waals surface area contributed by atoms with E-state index in [0.29, 0.717) is 21.9 Å². The van der Waals surface area contributed by atoms with E-state index < -0.39 is 0 Å². The third-order valence-electron chi connectivity index (χ3n) is 2.74. The summed E-state index contributed by atoms with van der Waals surface area (Å²) < 4.78 is 5.68. The third-order valence-corrected chi connectivity index (χ3v) is 3.01. The van der Waals surface area contributed by atoms with Crippen LogP contribution in [0.1, 0.15) is 5.56 Å². The minimum atomic E-state index is -0.0134. The van der Waals surface area contributed by atoms with Gasteiger partial charge in [-0.1, -0.05) is 30.4 Å². The van der Waals surface area contributed by atoms with Crippen LogP contribution in [0, 0.1) is 0 Å². The molecule has 0 saturated heterocycles. The van der Waals surface area contributed by atoms with E-state index >= 15 is 0 Å². The molecule has 0 aliphatic carbocycles. The molecule has 0 amide bonds. The van der Waals surface area contributed by atoms with Gasteiger partial charge in [0.25, 0.3) is 0 Å². The Morgan fingerprint density at radius 3 is 2.59 bits per heavy atom. The second kappa shape index (κ2) is 3.79. The van der Waals surface area contributed by atoms with Gasteiger partial charge in [0.1, 0.15) is 11.2 Å². The summed E-state index contributed by atoms with van der Waals surface area (Å²) in [5, 5.41) is 2.72. The van der Waals surface area contributed by atoms with Gasteiger partial charge in [-0.05, 0) is 29.8 Å². The highest BCUT2D eigenvalue weighted by atomic mass is 32.1. The number of hydrogen-bond acceptors (Lipinski definition) is 3. The van der Waals surface area contributed by atoms with Gasteiger partial charge in [-0.3, -0.25) is 4.79 Å². The highest BCUT2D eigenvalue weighted by Crippen LogP contribution is 2.18. The number of benzene rings is 2. The van der Waals surface area contributed by atoms with Crippen LogP contribution in [0.4, 0.5) is 0 Å². The molecule has 1 heterocycles. The van der Waals surface area contributed by atoms with Crippen LogP contribution >= 0.6 is 12.2 Å². The summed E-state index contributed by atoms with van der Waals surface area (Å²) >= 11 is 4.86. The van der Waals surface area contributed by atoms with Gasteiger partial charge in [-0.2, -0.15) is 0 Å². The van der Waals surface area contributed by atoms with E-state index in [1.807, 2.05) is 18.2 Å². The Bertz CT molecular complexity index is 787. The van der Waals surface area contributed by atoms with E-state index in [0.717, 1.165) is 5.56 Å². The lowest BCUT2D eigenvalue weighted by atomic mass is 10.1. The van der Waals surface area contributed by atoms with Crippen LogP contribution in [0.3, 0.4) is 0 Å². The summed E-state index contributed by atoms with van der Waals surface area (Å²) in [4.78, 5) is 12.2. The SMILES string of the molecule is O=c1c2ccccc2oc2ccc(C=S)cc12. The summed E-state index contributed by atoms with van der Waals surface area (Å²) in [7, 11) is 0. The zero-order valence-electron chi connectivity index (χ0n) is 8.84. The van der Waals surface area contributed by atoms with Crippen molar-refractivity contribution in [2.45, 2.75) is 0 Å². The summed E-state index contributed by atoms with van der Waals surface area (Å²) in [6.07, 6.45) is 0. The number of thiocarbonyl (C=S) groups is 1. The molecule has 3 rings (SSSR count). The molecular weight excluding hydrogens is 232 g/mol. The quantitative estimate of drug-likeness (QED) is 0.483. The van der Waals surface area contributed by atoms with Gasteiger partial charge in [-0.15, -0.1) is 0 Å². The van der Waals surface area contributed by atoms with Crippen molar-refractivity contribution >= 4 is 39.5 Å². The fourth-order valence-electron chi connectivity index (χ4n) is 1.89. The van der Waals surface area contributed by atoms with E-state index in [2.05, 4.69) is 0 Å². The van der Waals surface area contributed by atoms with E-state index in [4.69, 9.17) is 16.6 Å². The van der Waals surface area contributed by atoms with Crippen LogP contribution < -0.4 is 5.43 Å². The Balaban J connectivity index is 2.55. The van der Waals surface area contributed by atoms with Crippen LogP contribution in [-0.2, 0) is 0 Å². The van der Waals surface area contributed by atoms with Gasteiger partial charge in [0.15, 0.2) is 0 Å². The van der Waals surface area contributed by atoms with E-state index in [9.17, 15) is 4.79 Å². The maximum atomic E-state index is 12.2. The molecule has 0 N–H and O–H groups in total. The molecule has 0 spiro atoms. The Morgan fingerprint density at radius 2 is 1.76 bits per heavy atom. The average Bonchev–Trinajstić information content (AvgIpc) is 2.39. The van der Waals surface area contributed by atoms with Gasteiger partial charge in [0, 0.05) is 5.37 Å². The molecule has 0 bridgehead atoms. The van der Waals surface area contributed by atoms with E-state index in [-0.39, 0.29) is 5.43 Å². The van der Waals surface area contributed by atoms with Gasteiger partial charge in [0.05, 0.1) is 10.8 Å². The van der Waals surface area contributed by atoms with Crippen molar-refractivity contribution in [3.05, 3.63) is 58.3 Å². The third kappa shape index (κ3) is 1.56. The summed E-state index contributed by atoms with van der Waals surface area (Å²) in [5.74, 6) is 0. The Hall–Kier alpha value is -2.00. The van der Waals surface area contributed by atoms with E-state index in [1.54, 1.807) is 29.6 Å². The first-order valence-corrected chi connectivity index (χ1v) is 5.67. The first kappa shape index (κ1) is 10.2. The number of hydrogen-bond donors (Lipinski definition) is 0. The molecule has 2 nitrogen and oxygen atoms in total. The molecule has 0 unspecified atom stereocenters. The highest BCUT2D eigenvalue weighted by Gasteiger charge is 2.06. The summed E-state index contributed by atoms with van der Waals surface area (Å²) in [6.45, 7) is 0. The molecule has 0 aliphatic rings. The normalized spacial score (nSPS) is 10.8. The summed E-state index contributed by atoms with van der Waals surface area (Å²) in [5.41, 5.74) is 2.03. The fraction of sp³-hybridized carbons (Fsp3) is 0. The second-order valence-electron chi connectivity index (χ2n) is 3.80. The van der Waals surface area contributed by atoms with Crippen molar-refractivity contribution in [3.8, 4) is 0 Å². The lowest BCUT2D eigenvalue weighted by Crippen LogP contribution is -2.02. The van der Waals surface area contributed by atoms with Crippen molar-refractivity contribution in [1.82, 2.24) is 0 Å². The fourth-order valence-corrected chi connectivity index (χ4v) is 2.04. The molecule has 0 aliphatic heterocycles. The lowest BCUT2D eigenvalue weighted by molar-refractivity contribution is 0.660. The maximum Gasteiger partial charge on any atom is 0.200 e. The van der Waals surface area contributed by atoms with E-state index in [1.165, 1.54) is 0 Å². The van der Waals surface area contributed by atoms with Gasteiger partial charge in [0.2, 0.25) is 5.43 Å². The van der Waals surface area contributed by atoms with Crippen LogP contribution in [0.25, 0.3) is 21.9 Å². The van der Waals surface area contributed by atoms with Gasteiger partial charge in [-0.25, -0.2) is 0 Å². The molecular formula is C14H8O2S. The average molecular weight is 240 g/mol. The Labute approximate surface area is 102 Å². The van der Waals surface area contributed by atoms with Crippen molar-refractivity contribution in [2.75, 3.05) is 0 Å². The minimum absolute atomic E-state index is 0.0134. The second-order valence-corrected chi connectivity index (χ2v) is 4.04. The van der Waals surface area contributed by atoms with Crippen LogP contribution in [0.5, 0.6) is 0 Å². The molecule has 1 aromatic heterocycles. The van der Waals surface area contributed by atoms with Crippen LogP contribution in [-0.4, -0.2) is 5.37 Å². The molecule has 0 fully saturated rings. The predicted molar refractivity (Wildman–Crippen MR) is 72.7 cm³/mol. The number of para-hydroxylation sites is 1. The molecule has 3 heteroatoms. The largest absolute Gasteiger partial charge is 0.456 e. The highest BCUT2D eigenvalue weighted by molar-refractivity contribution is 7.79. The molecule has 0 saturated carbocycles. The van der Waals surface area contributed by atoms with Crippen molar-refractivity contribution in [3.63, 3.8) is 0 Å². The molecule has 0 radical (unpaired) electrons. The molecule has 17 heavy (non-hydrogen) atoms. The monoisotopic (exact) mass is 240 g/mol. The van der Waals surface area contributed by atoms with Crippen molar-refractivity contribution in [1.29, 1.82) is 0 Å².